The number of piperidine rings is 1. The fraction of sp³-hybridized carbons (Fsp3) is 0.417. The van der Waals surface area contributed by atoms with Crippen molar-refractivity contribution >= 4 is 22.0 Å². The number of sulfonamides is 1. The van der Waals surface area contributed by atoms with Crippen molar-refractivity contribution in [2.45, 2.75) is 43.9 Å². The van der Waals surface area contributed by atoms with Crippen LogP contribution in [0.1, 0.15) is 43.2 Å². The zero-order valence-electron chi connectivity index (χ0n) is 18.0. The van der Waals surface area contributed by atoms with E-state index in [1.807, 2.05) is 31.2 Å². The minimum atomic E-state index is -3.39. The Kier molecular flexibility index (Phi) is 8.37. The Balaban J connectivity index is 1.32. The van der Waals surface area contributed by atoms with Crippen molar-refractivity contribution in [2.75, 3.05) is 19.6 Å². The van der Waals surface area contributed by atoms with Gasteiger partial charge in [0.25, 0.3) is 0 Å². The average Bonchev–Trinajstić information content (AvgIpc) is 2.79. The summed E-state index contributed by atoms with van der Waals surface area (Å²) in [5, 5.41) is 2.91. The number of unbranched alkanes of at least 4 members (excludes halogenated alkanes) is 1. The van der Waals surface area contributed by atoms with Crippen LogP contribution < -0.4 is 5.32 Å². The molecule has 0 spiro atoms. The van der Waals surface area contributed by atoms with Crippen LogP contribution >= 0.6 is 0 Å². The minimum absolute atomic E-state index is 0.0986. The van der Waals surface area contributed by atoms with E-state index in [1.54, 1.807) is 34.9 Å². The third-order valence-corrected chi connectivity index (χ3v) is 7.60. The van der Waals surface area contributed by atoms with Gasteiger partial charge in [0.05, 0.1) is 4.90 Å². The Labute approximate surface area is 185 Å². The normalized spacial score (nSPS) is 15.9. The lowest BCUT2D eigenvalue weighted by Crippen LogP contribution is -2.38. The maximum Gasteiger partial charge on any atom is 0.243 e. The molecule has 2 heterocycles. The van der Waals surface area contributed by atoms with Crippen LogP contribution in [0.5, 0.6) is 0 Å². The van der Waals surface area contributed by atoms with Crippen molar-refractivity contribution in [1.29, 1.82) is 0 Å². The minimum Gasteiger partial charge on any atom is -0.353 e. The number of aryl methyl sites for hydroxylation is 1. The molecular formula is C24H31N3O3S. The van der Waals surface area contributed by atoms with Crippen LogP contribution in [-0.2, 0) is 14.8 Å². The summed E-state index contributed by atoms with van der Waals surface area (Å²) in [6.45, 7) is 3.76. The number of benzene rings is 1. The zero-order chi connectivity index (χ0) is 22.1. The summed E-state index contributed by atoms with van der Waals surface area (Å²) in [5.41, 5.74) is 1.95. The van der Waals surface area contributed by atoms with E-state index < -0.39 is 10.0 Å². The lowest BCUT2D eigenvalue weighted by Gasteiger charge is -2.31. The Morgan fingerprint density at radius 3 is 2.58 bits per heavy atom. The van der Waals surface area contributed by atoms with Crippen molar-refractivity contribution < 1.29 is 13.2 Å². The first kappa shape index (κ1) is 23.2. The number of pyridine rings is 1. The Morgan fingerprint density at radius 2 is 1.90 bits per heavy atom. The van der Waals surface area contributed by atoms with Gasteiger partial charge in [0.2, 0.25) is 15.9 Å². The summed E-state index contributed by atoms with van der Waals surface area (Å²) >= 11 is 0. The van der Waals surface area contributed by atoms with Crippen LogP contribution in [0.3, 0.4) is 0 Å². The van der Waals surface area contributed by atoms with E-state index in [0.29, 0.717) is 30.4 Å². The molecule has 1 aliphatic heterocycles. The number of nitrogens with one attached hydrogen (secondary N) is 1. The van der Waals surface area contributed by atoms with Gasteiger partial charge in [-0.15, -0.1) is 0 Å². The number of carbonyl (C=O) groups excluding carboxylic acids is 1. The van der Waals surface area contributed by atoms with Gasteiger partial charge in [-0.1, -0.05) is 36.6 Å². The standard InChI is InChI=1S/C24H31N3O3S/c1-20-7-10-23(11-8-20)31(29,30)27-17-13-21(14-18-27)5-2-3-16-26-24(28)12-9-22-6-4-15-25-19-22/h4,6-12,15,19,21H,2-3,5,13-14,16-18H2,1H3,(H,26,28)/b12-9+. The smallest absolute Gasteiger partial charge is 0.243 e. The molecule has 0 saturated carbocycles. The molecule has 3 rings (SSSR count). The fourth-order valence-corrected chi connectivity index (χ4v) is 5.24. The Bertz CT molecular complexity index is 965. The number of hydrogen-bond acceptors (Lipinski definition) is 4. The lowest BCUT2D eigenvalue weighted by atomic mass is 9.92. The van der Waals surface area contributed by atoms with Gasteiger partial charge in [0.1, 0.15) is 0 Å². The molecule has 1 N–H and O–H groups in total. The lowest BCUT2D eigenvalue weighted by molar-refractivity contribution is -0.116. The molecule has 0 bridgehead atoms. The van der Waals surface area contributed by atoms with Crippen molar-refractivity contribution in [2.24, 2.45) is 5.92 Å². The second-order valence-corrected chi connectivity index (χ2v) is 10.0. The van der Waals surface area contributed by atoms with E-state index >= 15 is 0 Å². The second-order valence-electron chi connectivity index (χ2n) is 8.07. The highest BCUT2D eigenvalue weighted by atomic mass is 32.2. The fourth-order valence-electron chi connectivity index (χ4n) is 3.77. The van der Waals surface area contributed by atoms with E-state index in [1.165, 1.54) is 6.08 Å². The summed E-state index contributed by atoms with van der Waals surface area (Å²) in [4.78, 5) is 16.3. The molecule has 1 aromatic carbocycles. The molecule has 0 radical (unpaired) electrons. The topological polar surface area (TPSA) is 79.4 Å². The third kappa shape index (κ3) is 7.01. The molecule has 1 aliphatic rings. The van der Waals surface area contributed by atoms with Gasteiger partial charge >= 0.3 is 0 Å². The van der Waals surface area contributed by atoms with Crippen molar-refractivity contribution in [3.8, 4) is 0 Å². The summed E-state index contributed by atoms with van der Waals surface area (Å²) in [6.07, 6.45) is 11.5. The van der Waals surface area contributed by atoms with Crippen molar-refractivity contribution in [3.63, 3.8) is 0 Å². The highest BCUT2D eigenvalue weighted by molar-refractivity contribution is 7.89. The molecule has 6 nitrogen and oxygen atoms in total. The maximum atomic E-state index is 12.8. The van der Waals surface area contributed by atoms with E-state index in [2.05, 4.69) is 10.3 Å². The van der Waals surface area contributed by atoms with Crippen LogP contribution in [0, 0.1) is 12.8 Å². The molecule has 0 unspecified atom stereocenters. The van der Waals surface area contributed by atoms with Gasteiger partial charge in [-0.25, -0.2) is 8.42 Å². The molecule has 0 atom stereocenters. The molecule has 0 aliphatic carbocycles. The first-order chi connectivity index (χ1) is 14.9. The molecule has 1 saturated heterocycles. The highest BCUT2D eigenvalue weighted by Gasteiger charge is 2.29. The first-order valence-corrected chi connectivity index (χ1v) is 12.3. The number of hydrogen-bond donors (Lipinski definition) is 1. The van der Waals surface area contributed by atoms with E-state index in [9.17, 15) is 13.2 Å². The molecule has 7 heteroatoms. The van der Waals surface area contributed by atoms with Gasteiger partial charge in [-0.05, 0) is 61.9 Å². The van der Waals surface area contributed by atoms with Crippen LogP contribution in [-0.4, -0.2) is 43.2 Å². The molecule has 2 aromatic rings. The number of amides is 1. The van der Waals surface area contributed by atoms with E-state index in [-0.39, 0.29) is 5.91 Å². The molecule has 1 amide bonds. The molecular weight excluding hydrogens is 410 g/mol. The number of aromatic nitrogens is 1. The Hall–Kier alpha value is -2.51. The van der Waals surface area contributed by atoms with Crippen LogP contribution in [0.15, 0.2) is 59.8 Å². The zero-order valence-corrected chi connectivity index (χ0v) is 18.9. The predicted molar refractivity (Wildman–Crippen MR) is 123 cm³/mol. The van der Waals surface area contributed by atoms with Crippen LogP contribution in [0.25, 0.3) is 6.08 Å². The first-order valence-electron chi connectivity index (χ1n) is 10.9. The number of rotatable bonds is 9. The number of carbonyl (C=O) groups is 1. The summed E-state index contributed by atoms with van der Waals surface area (Å²) in [5.74, 6) is 0.448. The predicted octanol–water partition coefficient (Wildman–Crippen LogP) is 3.79. The number of nitrogens with zero attached hydrogens (tertiary/aromatic N) is 2. The molecule has 1 fully saturated rings. The van der Waals surface area contributed by atoms with Gasteiger partial charge in [0, 0.05) is 38.1 Å². The molecule has 31 heavy (non-hydrogen) atoms. The van der Waals surface area contributed by atoms with Crippen molar-refractivity contribution in [3.05, 3.63) is 66.0 Å². The maximum absolute atomic E-state index is 12.8. The van der Waals surface area contributed by atoms with Gasteiger partial charge < -0.3 is 5.32 Å². The second kappa shape index (κ2) is 11.2. The van der Waals surface area contributed by atoms with Crippen molar-refractivity contribution in [1.82, 2.24) is 14.6 Å². The monoisotopic (exact) mass is 441 g/mol. The Morgan fingerprint density at radius 1 is 1.16 bits per heavy atom. The molecule has 1 aromatic heterocycles. The van der Waals surface area contributed by atoms with Gasteiger partial charge in [0.15, 0.2) is 0 Å². The summed E-state index contributed by atoms with van der Waals surface area (Å²) in [7, 11) is -3.39. The molecule has 166 valence electrons. The van der Waals surface area contributed by atoms with Crippen LogP contribution in [0.4, 0.5) is 0 Å². The summed E-state index contributed by atoms with van der Waals surface area (Å²) < 4.78 is 27.2. The average molecular weight is 442 g/mol. The third-order valence-electron chi connectivity index (χ3n) is 5.68. The highest BCUT2D eigenvalue weighted by Crippen LogP contribution is 2.26. The van der Waals surface area contributed by atoms with E-state index in [4.69, 9.17) is 0 Å². The van der Waals surface area contributed by atoms with Gasteiger partial charge in [-0.3, -0.25) is 9.78 Å². The van der Waals surface area contributed by atoms with Gasteiger partial charge in [-0.2, -0.15) is 4.31 Å². The van der Waals surface area contributed by atoms with Crippen LogP contribution in [0.2, 0.25) is 0 Å². The quantitative estimate of drug-likeness (QED) is 0.474. The SMILES string of the molecule is Cc1ccc(S(=O)(=O)N2CCC(CCCCNC(=O)/C=C/c3cccnc3)CC2)cc1. The largest absolute Gasteiger partial charge is 0.353 e. The summed E-state index contributed by atoms with van der Waals surface area (Å²) in [6, 6.07) is 10.8. The van der Waals surface area contributed by atoms with E-state index in [0.717, 1.165) is 43.2 Å².